The Morgan fingerprint density at radius 1 is 1.52 bits per heavy atom. The van der Waals surface area contributed by atoms with Crippen molar-refractivity contribution in [1.82, 2.24) is 25.4 Å². The van der Waals surface area contributed by atoms with Gasteiger partial charge in [-0.3, -0.25) is 4.68 Å². The molecule has 23 heavy (non-hydrogen) atoms. The lowest BCUT2D eigenvalue weighted by atomic mass is 10.1. The molecular weight excluding hydrogens is 318 g/mol. The second kappa shape index (κ2) is 6.87. The minimum absolute atomic E-state index is 0.0713. The summed E-state index contributed by atoms with van der Waals surface area (Å²) in [6.07, 6.45) is 3.93. The van der Waals surface area contributed by atoms with E-state index in [1.165, 1.54) is 6.33 Å². The SMILES string of the molecule is C[C@H](Cn1cncn1)NC(=O)NCc1cc(Cl)cc2c1OCC2. The van der Waals surface area contributed by atoms with Crippen LogP contribution in [0.3, 0.4) is 0 Å². The average molecular weight is 336 g/mol. The number of nitrogens with one attached hydrogen (secondary N) is 2. The van der Waals surface area contributed by atoms with Crippen molar-refractivity contribution in [3.05, 3.63) is 40.9 Å². The molecule has 2 aromatic rings. The van der Waals surface area contributed by atoms with Gasteiger partial charge in [0.2, 0.25) is 0 Å². The van der Waals surface area contributed by atoms with Gasteiger partial charge in [0.15, 0.2) is 0 Å². The summed E-state index contributed by atoms with van der Waals surface area (Å²) in [5, 5.41) is 10.4. The molecule has 8 heteroatoms. The number of amides is 2. The van der Waals surface area contributed by atoms with Gasteiger partial charge in [0, 0.05) is 29.6 Å². The maximum absolute atomic E-state index is 12.0. The number of rotatable bonds is 5. The lowest BCUT2D eigenvalue weighted by Gasteiger charge is -2.15. The number of benzene rings is 1. The molecule has 0 saturated carbocycles. The fourth-order valence-corrected chi connectivity index (χ4v) is 2.84. The van der Waals surface area contributed by atoms with Gasteiger partial charge in [-0.05, 0) is 24.6 Å². The van der Waals surface area contributed by atoms with Gasteiger partial charge in [0.1, 0.15) is 18.4 Å². The number of carbonyl (C=O) groups excluding carboxylic acids is 1. The highest BCUT2D eigenvalue weighted by atomic mass is 35.5. The Balaban J connectivity index is 1.53. The Bertz CT molecular complexity index is 689. The number of hydrogen-bond acceptors (Lipinski definition) is 4. The van der Waals surface area contributed by atoms with Crippen LogP contribution in [0.1, 0.15) is 18.1 Å². The minimum Gasteiger partial charge on any atom is -0.493 e. The number of urea groups is 1. The maximum Gasteiger partial charge on any atom is 0.315 e. The summed E-state index contributed by atoms with van der Waals surface area (Å²) in [6, 6.07) is 3.42. The first-order valence-corrected chi connectivity index (χ1v) is 7.80. The first-order valence-electron chi connectivity index (χ1n) is 7.42. The Morgan fingerprint density at radius 2 is 2.39 bits per heavy atom. The van der Waals surface area contributed by atoms with Crippen molar-refractivity contribution in [3.63, 3.8) is 0 Å². The molecule has 1 aliphatic heterocycles. The first kappa shape index (κ1) is 15.6. The van der Waals surface area contributed by atoms with Gasteiger partial charge < -0.3 is 15.4 Å². The second-order valence-corrected chi connectivity index (χ2v) is 5.93. The fourth-order valence-electron chi connectivity index (χ4n) is 2.58. The summed E-state index contributed by atoms with van der Waals surface area (Å²) in [4.78, 5) is 15.9. The van der Waals surface area contributed by atoms with E-state index in [2.05, 4.69) is 20.7 Å². The molecular formula is C15H18ClN5O2. The molecule has 0 aliphatic carbocycles. The van der Waals surface area contributed by atoms with Gasteiger partial charge in [-0.25, -0.2) is 9.78 Å². The molecule has 0 bridgehead atoms. The van der Waals surface area contributed by atoms with Gasteiger partial charge in [0.25, 0.3) is 0 Å². The first-order chi connectivity index (χ1) is 11.1. The fraction of sp³-hybridized carbons (Fsp3) is 0.400. The van der Waals surface area contributed by atoms with Gasteiger partial charge in [-0.1, -0.05) is 11.6 Å². The van der Waals surface area contributed by atoms with Crippen molar-refractivity contribution in [2.75, 3.05) is 6.61 Å². The van der Waals surface area contributed by atoms with E-state index < -0.39 is 0 Å². The molecule has 0 unspecified atom stereocenters. The number of ether oxygens (including phenoxy) is 1. The largest absolute Gasteiger partial charge is 0.493 e. The predicted molar refractivity (Wildman–Crippen MR) is 85.5 cm³/mol. The van der Waals surface area contributed by atoms with Crippen LogP contribution in [0.2, 0.25) is 5.02 Å². The number of aromatic nitrogens is 3. The monoisotopic (exact) mass is 335 g/mol. The smallest absolute Gasteiger partial charge is 0.315 e. The van der Waals surface area contributed by atoms with Crippen molar-refractivity contribution in [3.8, 4) is 5.75 Å². The van der Waals surface area contributed by atoms with Crippen LogP contribution in [0, 0.1) is 0 Å². The van der Waals surface area contributed by atoms with Crippen LogP contribution in [-0.4, -0.2) is 33.4 Å². The zero-order chi connectivity index (χ0) is 16.2. The Morgan fingerprint density at radius 3 is 3.17 bits per heavy atom. The average Bonchev–Trinajstić information content (AvgIpc) is 3.15. The van der Waals surface area contributed by atoms with E-state index in [0.29, 0.717) is 24.7 Å². The van der Waals surface area contributed by atoms with E-state index >= 15 is 0 Å². The van der Waals surface area contributed by atoms with Crippen molar-refractivity contribution in [2.24, 2.45) is 0 Å². The molecule has 122 valence electrons. The van der Waals surface area contributed by atoms with Gasteiger partial charge in [0.05, 0.1) is 13.2 Å². The number of nitrogens with zero attached hydrogens (tertiary/aromatic N) is 3. The third kappa shape index (κ3) is 3.92. The lowest BCUT2D eigenvalue weighted by Crippen LogP contribution is -2.42. The van der Waals surface area contributed by atoms with Crippen LogP contribution in [0.15, 0.2) is 24.8 Å². The van der Waals surface area contributed by atoms with E-state index in [-0.39, 0.29) is 12.1 Å². The highest BCUT2D eigenvalue weighted by Gasteiger charge is 2.18. The summed E-state index contributed by atoms with van der Waals surface area (Å²) < 4.78 is 7.29. The zero-order valence-corrected chi connectivity index (χ0v) is 13.5. The molecule has 1 aliphatic rings. The zero-order valence-electron chi connectivity index (χ0n) is 12.8. The predicted octanol–water partition coefficient (Wildman–Crippen LogP) is 1.75. The Labute approximate surface area is 139 Å². The van der Waals surface area contributed by atoms with E-state index in [1.807, 2.05) is 19.1 Å². The van der Waals surface area contributed by atoms with Gasteiger partial charge in [-0.15, -0.1) is 0 Å². The topological polar surface area (TPSA) is 81.1 Å². The molecule has 2 N–H and O–H groups in total. The number of hydrogen-bond donors (Lipinski definition) is 2. The molecule has 2 amide bonds. The normalized spacial score (nSPS) is 14.0. The molecule has 2 heterocycles. The maximum atomic E-state index is 12.0. The Kier molecular flexibility index (Phi) is 4.66. The summed E-state index contributed by atoms with van der Waals surface area (Å²) >= 11 is 6.11. The molecule has 0 fully saturated rings. The highest BCUT2D eigenvalue weighted by molar-refractivity contribution is 6.30. The molecule has 0 spiro atoms. The van der Waals surface area contributed by atoms with Crippen LogP contribution >= 0.6 is 11.6 Å². The summed E-state index contributed by atoms with van der Waals surface area (Å²) in [7, 11) is 0. The van der Waals surface area contributed by atoms with Crippen LogP contribution < -0.4 is 15.4 Å². The Hall–Kier alpha value is -2.28. The number of halogens is 1. The molecule has 1 atom stereocenters. The molecule has 1 aromatic carbocycles. The van der Waals surface area contributed by atoms with E-state index in [9.17, 15) is 4.79 Å². The second-order valence-electron chi connectivity index (χ2n) is 5.50. The molecule has 0 saturated heterocycles. The summed E-state index contributed by atoms with van der Waals surface area (Å²) in [5.74, 6) is 0.838. The molecule has 3 rings (SSSR count). The van der Waals surface area contributed by atoms with Gasteiger partial charge in [-0.2, -0.15) is 5.10 Å². The van der Waals surface area contributed by atoms with Crippen molar-refractivity contribution >= 4 is 17.6 Å². The van der Waals surface area contributed by atoms with Gasteiger partial charge >= 0.3 is 6.03 Å². The van der Waals surface area contributed by atoms with Crippen LogP contribution in [0.5, 0.6) is 5.75 Å². The highest BCUT2D eigenvalue weighted by Crippen LogP contribution is 2.32. The standard InChI is InChI=1S/C15H18ClN5O2/c1-10(7-21-9-17-8-19-21)20-15(22)18-6-12-5-13(16)4-11-2-3-23-14(11)12/h4-5,8-10H,2-3,6-7H2,1H3,(H2,18,20,22)/t10-/m1/s1. The third-order valence-corrected chi connectivity index (χ3v) is 3.79. The quantitative estimate of drug-likeness (QED) is 0.872. The minimum atomic E-state index is -0.246. The third-order valence-electron chi connectivity index (χ3n) is 3.57. The van der Waals surface area contributed by atoms with Crippen LogP contribution in [0.25, 0.3) is 0 Å². The van der Waals surface area contributed by atoms with Crippen LogP contribution in [0.4, 0.5) is 4.79 Å². The van der Waals surface area contributed by atoms with E-state index in [4.69, 9.17) is 16.3 Å². The lowest BCUT2D eigenvalue weighted by molar-refractivity contribution is 0.235. The van der Waals surface area contributed by atoms with Crippen molar-refractivity contribution in [2.45, 2.75) is 32.5 Å². The molecule has 0 radical (unpaired) electrons. The van der Waals surface area contributed by atoms with Crippen molar-refractivity contribution < 1.29 is 9.53 Å². The van der Waals surface area contributed by atoms with E-state index in [1.54, 1.807) is 11.0 Å². The van der Waals surface area contributed by atoms with E-state index in [0.717, 1.165) is 23.3 Å². The van der Waals surface area contributed by atoms with Crippen molar-refractivity contribution in [1.29, 1.82) is 0 Å². The summed E-state index contributed by atoms with van der Waals surface area (Å²) in [6.45, 7) is 3.49. The summed E-state index contributed by atoms with van der Waals surface area (Å²) in [5.41, 5.74) is 1.98. The molecule has 1 aromatic heterocycles. The van der Waals surface area contributed by atoms with Crippen LogP contribution in [-0.2, 0) is 19.5 Å². The number of fused-ring (bicyclic) bond motifs is 1. The molecule has 7 nitrogen and oxygen atoms in total. The number of carbonyl (C=O) groups is 1.